The van der Waals surface area contributed by atoms with E-state index in [1.165, 1.54) is 154 Å². The van der Waals surface area contributed by atoms with E-state index in [4.69, 9.17) is 17.8 Å². The molecule has 7 heteroatoms. The quantitative estimate of drug-likeness (QED) is 0.0504. The van der Waals surface area contributed by atoms with Crippen LogP contribution >= 0.6 is 0 Å². The first-order valence-corrected chi connectivity index (χ1v) is 20.1. The molecule has 0 fully saturated rings. The predicted octanol–water partition coefficient (Wildman–Crippen LogP) is 12.0. The first-order chi connectivity index (χ1) is 20.9. The summed E-state index contributed by atoms with van der Waals surface area (Å²) in [5.74, 6) is 0. The third kappa shape index (κ3) is 34.5. The molecule has 260 valence electrons. The van der Waals surface area contributed by atoms with Gasteiger partial charge in [0.05, 0.1) is 0 Å². The van der Waals surface area contributed by atoms with Gasteiger partial charge in [-0.25, -0.2) is 8.37 Å². The van der Waals surface area contributed by atoms with Crippen LogP contribution in [-0.4, -0.2) is 34.2 Å². The summed E-state index contributed by atoms with van der Waals surface area (Å²) in [5.41, 5.74) is 0. The molecular weight excluding hydrogens is 560 g/mol. The van der Waals surface area contributed by atoms with E-state index in [1.807, 2.05) is 0 Å². The van der Waals surface area contributed by atoms with Crippen molar-refractivity contribution in [1.82, 2.24) is 0 Å². The van der Waals surface area contributed by atoms with Crippen molar-refractivity contribution in [3.8, 4) is 0 Å². The summed E-state index contributed by atoms with van der Waals surface area (Å²) in [4.78, 5) is 0. The fourth-order valence-electron chi connectivity index (χ4n) is 5.50. The number of unbranched alkanes of at least 4 members (excludes halogenated alkanes) is 26. The van der Waals surface area contributed by atoms with Crippen LogP contribution in [0, 0.1) is 0 Å². The standard InChI is InChI=1S/C36H74O6S/c1-5-7-9-11-13-15-17-19-21-23-25-27-29-31-33-39-35(3)41-43(37,38)42-36(4)40-34-32-30-28-26-24-22-20-18-16-14-12-10-8-6-2/h35-36H,5-34H2,1-4H3. The Morgan fingerprint density at radius 2 is 0.581 bits per heavy atom. The van der Waals surface area contributed by atoms with E-state index in [0.717, 1.165) is 25.7 Å². The maximum Gasteiger partial charge on any atom is 0.404 e. The highest BCUT2D eigenvalue weighted by molar-refractivity contribution is 7.81. The summed E-state index contributed by atoms with van der Waals surface area (Å²) in [6.45, 7) is 8.69. The van der Waals surface area contributed by atoms with E-state index in [2.05, 4.69) is 13.8 Å². The van der Waals surface area contributed by atoms with Gasteiger partial charge in [0, 0.05) is 13.2 Å². The fraction of sp³-hybridized carbons (Fsp3) is 1.00. The van der Waals surface area contributed by atoms with Crippen molar-refractivity contribution >= 4 is 10.4 Å². The molecule has 0 aromatic carbocycles. The molecule has 0 radical (unpaired) electrons. The van der Waals surface area contributed by atoms with Gasteiger partial charge in [0.25, 0.3) is 0 Å². The van der Waals surface area contributed by atoms with Gasteiger partial charge in [0.1, 0.15) is 0 Å². The van der Waals surface area contributed by atoms with Crippen LogP contribution in [0.2, 0.25) is 0 Å². The molecule has 6 nitrogen and oxygen atoms in total. The summed E-state index contributed by atoms with van der Waals surface area (Å²) in [5, 5.41) is 0. The molecule has 0 saturated carbocycles. The van der Waals surface area contributed by atoms with Crippen LogP contribution in [0.15, 0.2) is 0 Å². The van der Waals surface area contributed by atoms with Crippen molar-refractivity contribution in [2.45, 2.75) is 220 Å². The summed E-state index contributed by atoms with van der Waals surface area (Å²) in [7, 11) is -4.17. The second-order valence-corrected chi connectivity index (χ2v) is 13.9. The van der Waals surface area contributed by atoms with Gasteiger partial charge in [0.2, 0.25) is 0 Å². The minimum atomic E-state index is -4.17. The third-order valence-electron chi connectivity index (χ3n) is 8.21. The van der Waals surface area contributed by atoms with E-state index >= 15 is 0 Å². The minimum absolute atomic E-state index is 0.486. The molecule has 0 heterocycles. The topological polar surface area (TPSA) is 71.1 Å². The normalized spacial score (nSPS) is 13.5. The van der Waals surface area contributed by atoms with Crippen molar-refractivity contribution in [3.05, 3.63) is 0 Å². The first-order valence-electron chi connectivity index (χ1n) is 18.8. The highest BCUT2D eigenvalue weighted by Gasteiger charge is 2.21. The Kier molecular flexibility index (Phi) is 33.0. The zero-order valence-corrected chi connectivity index (χ0v) is 30.0. The lowest BCUT2D eigenvalue weighted by Crippen LogP contribution is -2.25. The molecule has 0 aliphatic heterocycles. The Labute approximate surface area is 269 Å². The van der Waals surface area contributed by atoms with E-state index in [9.17, 15) is 8.42 Å². The van der Waals surface area contributed by atoms with E-state index in [1.54, 1.807) is 13.8 Å². The third-order valence-corrected chi connectivity index (χ3v) is 9.22. The zero-order chi connectivity index (χ0) is 31.7. The van der Waals surface area contributed by atoms with Crippen LogP contribution in [0.25, 0.3) is 0 Å². The smallest absolute Gasteiger partial charge is 0.352 e. The summed E-state index contributed by atoms with van der Waals surface area (Å²) < 4.78 is 45.4. The molecule has 0 rings (SSSR count). The minimum Gasteiger partial charge on any atom is -0.352 e. The highest BCUT2D eigenvalue weighted by atomic mass is 32.3. The number of hydrogen-bond acceptors (Lipinski definition) is 6. The molecule has 0 aromatic heterocycles. The van der Waals surface area contributed by atoms with Gasteiger partial charge in [-0.15, -0.1) is 0 Å². The highest BCUT2D eigenvalue weighted by Crippen LogP contribution is 2.15. The average Bonchev–Trinajstić information content (AvgIpc) is 2.96. The molecule has 43 heavy (non-hydrogen) atoms. The van der Waals surface area contributed by atoms with Crippen LogP contribution in [0.5, 0.6) is 0 Å². The molecule has 0 saturated heterocycles. The molecule has 2 atom stereocenters. The van der Waals surface area contributed by atoms with Crippen LogP contribution < -0.4 is 0 Å². The molecule has 0 spiro atoms. The van der Waals surface area contributed by atoms with E-state index in [0.29, 0.717) is 13.2 Å². The van der Waals surface area contributed by atoms with Gasteiger partial charge in [0.15, 0.2) is 12.6 Å². The monoisotopic (exact) mass is 635 g/mol. The van der Waals surface area contributed by atoms with E-state index in [-0.39, 0.29) is 0 Å². The average molecular weight is 635 g/mol. The van der Waals surface area contributed by atoms with Crippen LogP contribution in [0.1, 0.15) is 207 Å². The van der Waals surface area contributed by atoms with Gasteiger partial charge < -0.3 is 9.47 Å². The van der Waals surface area contributed by atoms with E-state index < -0.39 is 23.0 Å². The summed E-state index contributed by atoms with van der Waals surface area (Å²) in [6.07, 6.45) is 34.7. The van der Waals surface area contributed by atoms with Gasteiger partial charge >= 0.3 is 10.4 Å². The number of hydrogen-bond donors (Lipinski definition) is 0. The zero-order valence-electron chi connectivity index (χ0n) is 29.2. The molecule has 0 N–H and O–H groups in total. The van der Waals surface area contributed by atoms with Crippen LogP contribution in [-0.2, 0) is 28.2 Å². The molecule has 0 aromatic rings. The fourth-order valence-corrected chi connectivity index (χ4v) is 6.32. The van der Waals surface area contributed by atoms with Crippen molar-refractivity contribution in [3.63, 3.8) is 0 Å². The Hall–Kier alpha value is -0.210. The van der Waals surface area contributed by atoms with Crippen molar-refractivity contribution in [2.75, 3.05) is 13.2 Å². The van der Waals surface area contributed by atoms with Gasteiger partial charge in [-0.05, 0) is 26.7 Å². The SMILES string of the molecule is CCCCCCCCCCCCCCCCOC(C)OS(=O)(=O)OC(C)OCCCCCCCCCCCCCCCC. The molecule has 0 amide bonds. The van der Waals surface area contributed by atoms with Gasteiger partial charge in [-0.2, -0.15) is 8.42 Å². The van der Waals surface area contributed by atoms with Crippen LogP contribution in [0.3, 0.4) is 0 Å². The Bertz CT molecular complexity index is 594. The lowest BCUT2D eigenvalue weighted by molar-refractivity contribution is -0.100. The molecule has 0 bridgehead atoms. The molecule has 0 aliphatic rings. The Balaban J connectivity index is 3.52. The maximum atomic E-state index is 12.2. The lowest BCUT2D eigenvalue weighted by atomic mass is 10.0. The summed E-state index contributed by atoms with van der Waals surface area (Å²) >= 11 is 0. The maximum absolute atomic E-state index is 12.2. The predicted molar refractivity (Wildman–Crippen MR) is 183 cm³/mol. The molecular formula is C36H74O6S. The lowest BCUT2D eigenvalue weighted by Gasteiger charge is -2.17. The second kappa shape index (κ2) is 33.2. The second-order valence-electron chi connectivity index (χ2n) is 12.7. The molecule has 0 aliphatic carbocycles. The van der Waals surface area contributed by atoms with Gasteiger partial charge in [-0.1, -0.05) is 181 Å². The van der Waals surface area contributed by atoms with Crippen molar-refractivity contribution in [2.24, 2.45) is 0 Å². The Morgan fingerprint density at radius 3 is 0.814 bits per heavy atom. The number of ether oxygens (including phenoxy) is 2. The largest absolute Gasteiger partial charge is 0.404 e. The van der Waals surface area contributed by atoms with Crippen molar-refractivity contribution in [1.29, 1.82) is 0 Å². The Morgan fingerprint density at radius 1 is 0.372 bits per heavy atom. The molecule has 2 unspecified atom stereocenters. The van der Waals surface area contributed by atoms with Crippen LogP contribution in [0.4, 0.5) is 0 Å². The van der Waals surface area contributed by atoms with Gasteiger partial charge in [-0.3, -0.25) is 0 Å². The summed E-state index contributed by atoms with van der Waals surface area (Å²) in [6, 6.07) is 0. The first kappa shape index (κ1) is 42.8. The van der Waals surface area contributed by atoms with Crippen molar-refractivity contribution < 1.29 is 26.3 Å². The number of rotatable bonds is 36.